The highest BCUT2D eigenvalue weighted by atomic mass is 16.3. The highest BCUT2D eigenvalue weighted by Crippen LogP contribution is 2.20. The quantitative estimate of drug-likeness (QED) is 0.886. The van der Waals surface area contributed by atoms with Crippen LogP contribution in [0.4, 0.5) is 0 Å². The molecule has 0 aliphatic carbocycles. The van der Waals surface area contributed by atoms with E-state index in [1.165, 1.54) is 5.56 Å². The molecular weight excluding hydrogens is 266 g/mol. The van der Waals surface area contributed by atoms with E-state index in [9.17, 15) is 5.11 Å². The molecule has 112 valence electrons. The van der Waals surface area contributed by atoms with Crippen molar-refractivity contribution in [3.63, 3.8) is 0 Å². The zero-order valence-corrected chi connectivity index (χ0v) is 12.3. The predicted molar refractivity (Wildman–Crippen MR) is 78.4 cm³/mol. The Hall–Kier alpha value is -1.79. The summed E-state index contributed by atoms with van der Waals surface area (Å²) in [7, 11) is 0. The molecule has 2 atom stereocenters. The molecule has 6 heteroatoms. The molecule has 1 aliphatic heterocycles. The van der Waals surface area contributed by atoms with Gasteiger partial charge in [0.2, 0.25) is 0 Å². The molecule has 0 amide bonds. The Bertz CT molecular complexity index is 568. The highest BCUT2D eigenvalue weighted by Gasteiger charge is 2.27. The minimum Gasteiger partial charge on any atom is -0.393 e. The second-order valence-corrected chi connectivity index (χ2v) is 5.76. The van der Waals surface area contributed by atoms with Crippen LogP contribution >= 0.6 is 0 Å². The average molecular weight is 287 g/mol. The fourth-order valence-electron chi connectivity index (χ4n) is 2.82. The van der Waals surface area contributed by atoms with Gasteiger partial charge in [0.05, 0.1) is 19.2 Å². The monoisotopic (exact) mass is 287 g/mol. The van der Waals surface area contributed by atoms with Crippen LogP contribution < -0.4 is 0 Å². The normalized spacial score (nSPS) is 20.8. The summed E-state index contributed by atoms with van der Waals surface area (Å²) in [4.78, 5) is 2.31. The van der Waals surface area contributed by atoms with Crippen molar-refractivity contribution >= 4 is 0 Å². The second kappa shape index (κ2) is 6.32. The zero-order chi connectivity index (χ0) is 14.7. The molecule has 0 radical (unpaired) electrons. The van der Waals surface area contributed by atoms with E-state index in [0.29, 0.717) is 12.5 Å². The molecule has 0 bridgehead atoms. The molecule has 0 spiro atoms. The Labute approximate surface area is 124 Å². The summed E-state index contributed by atoms with van der Waals surface area (Å²) in [5, 5.41) is 21.7. The van der Waals surface area contributed by atoms with E-state index in [1.54, 1.807) is 0 Å². The Morgan fingerprint density at radius 1 is 1.29 bits per heavy atom. The summed E-state index contributed by atoms with van der Waals surface area (Å²) in [6.07, 6.45) is 0.799. The smallest absolute Gasteiger partial charge is 0.165 e. The summed E-state index contributed by atoms with van der Waals surface area (Å²) in [6, 6.07) is 10.2. The standard InChI is InChI=1S/C15H21N5O/c1-12(21)14-7-8-19(10-14)11-15-16-17-18-20(15)9-13-5-3-2-4-6-13/h2-6,12,14,21H,7-11H2,1H3. The number of aliphatic hydroxyl groups is 1. The van der Waals surface area contributed by atoms with Gasteiger partial charge in [-0.15, -0.1) is 5.10 Å². The third-order valence-electron chi connectivity index (χ3n) is 4.14. The van der Waals surface area contributed by atoms with Crippen LogP contribution in [-0.4, -0.2) is 49.4 Å². The van der Waals surface area contributed by atoms with Gasteiger partial charge in [-0.2, -0.15) is 0 Å². The molecule has 1 aromatic heterocycles. The van der Waals surface area contributed by atoms with E-state index >= 15 is 0 Å². The number of tetrazole rings is 1. The molecule has 3 rings (SSSR count). The van der Waals surface area contributed by atoms with Crippen LogP contribution in [0.15, 0.2) is 30.3 Å². The maximum atomic E-state index is 9.67. The van der Waals surface area contributed by atoms with Gasteiger partial charge >= 0.3 is 0 Å². The van der Waals surface area contributed by atoms with Gasteiger partial charge < -0.3 is 5.11 Å². The van der Waals surface area contributed by atoms with Gasteiger partial charge in [0.15, 0.2) is 5.82 Å². The molecule has 0 saturated carbocycles. The van der Waals surface area contributed by atoms with Crippen LogP contribution in [0.1, 0.15) is 24.7 Å². The van der Waals surface area contributed by atoms with E-state index in [1.807, 2.05) is 29.8 Å². The summed E-state index contributed by atoms with van der Waals surface area (Å²) in [5.74, 6) is 1.24. The van der Waals surface area contributed by atoms with Gasteiger partial charge in [0.25, 0.3) is 0 Å². The first-order valence-corrected chi connectivity index (χ1v) is 7.42. The van der Waals surface area contributed by atoms with E-state index < -0.39 is 0 Å². The number of aliphatic hydroxyl groups excluding tert-OH is 1. The lowest BCUT2D eigenvalue weighted by molar-refractivity contribution is 0.126. The number of likely N-dealkylation sites (tertiary alicyclic amines) is 1. The van der Waals surface area contributed by atoms with Gasteiger partial charge in [0, 0.05) is 6.54 Å². The molecule has 2 unspecified atom stereocenters. The van der Waals surface area contributed by atoms with Crippen LogP contribution in [0.3, 0.4) is 0 Å². The van der Waals surface area contributed by atoms with Crippen molar-refractivity contribution < 1.29 is 5.11 Å². The van der Waals surface area contributed by atoms with E-state index in [4.69, 9.17) is 0 Å². The number of benzene rings is 1. The fraction of sp³-hybridized carbons (Fsp3) is 0.533. The molecule has 6 nitrogen and oxygen atoms in total. The molecule has 1 aliphatic rings. The van der Waals surface area contributed by atoms with Crippen molar-refractivity contribution in [1.29, 1.82) is 0 Å². The van der Waals surface area contributed by atoms with Gasteiger partial charge in [-0.05, 0) is 41.8 Å². The highest BCUT2D eigenvalue weighted by molar-refractivity contribution is 5.14. The number of nitrogens with zero attached hydrogens (tertiary/aromatic N) is 5. The number of aromatic nitrogens is 4. The summed E-state index contributed by atoms with van der Waals surface area (Å²) >= 11 is 0. The van der Waals surface area contributed by atoms with E-state index in [2.05, 4.69) is 32.6 Å². The summed E-state index contributed by atoms with van der Waals surface area (Å²) < 4.78 is 1.85. The van der Waals surface area contributed by atoms with Gasteiger partial charge in [-0.3, -0.25) is 4.90 Å². The Morgan fingerprint density at radius 3 is 2.81 bits per heavy atom. The maximum Gasteiger partial charge on any atom is 0.165 e. The van der Waals surface area contributed by atoms with Crippen LogP contribution in [0.2, 0.25) is 0 Å². The Kier molecular flexibility index (Phi) is 4.26. The largest absolute Gasteiger partial charge is 0.393 e. The molecular formula is C15H21N5O. The summed E-state index contributed by atoms with van der Waals surface area (Å²) in [5.41, 5.74) is 1.19. The van der Waals surface area contributed by atoms with E-state index in [-0.39, 0.29) is 6.10 Å². The molecule has 21 heavy (non-hydrogen) atoms. The second-order valence-electron chi connectivity index (χ2n) is 5.76. The van der Waals surface area contributed by atoms with Crippen LogP contribution in [-0.2, 0) is 13.1 Å². The van der Waals surface area contributed by atoms with Crippen molar-refractivity contribution in [3.8, 4) is 0 Å². The SMILES string of the molecule is CC(O)C1CCN(Cc2nnnn2Cc2ccccc2)C1. The van der Waals surface area contributed by atoms with Crippen molar-refractivity contribution in [2.75, 3.05) is 13.1 Å². The van der Waals surface area contributed by atoms with Crippen LogP contribution in [0.25, 0.3) is 0 Å². The number of hydrogen-bond donors (Lipinski definition) is 1. The van der Waals surface area contributed by atoms with Gasteiger partial charge in [-0.25, -0.2) is 4.68 Å². The minimum absolute atomic E-state index is 0.240. The van der Waals surface area contributed by atoms with Crippen molar-refractivity contribution in [3.05, 3.63) is 41.7 Å². The number of rotatable bonds is 5. The lowest BCUT2D eigenvalue weighted by Crippen LogP contribution is -2.25. The zero-order valence-electron chi connectivity index (χ0n) is 12.3. The maximum absolute atomic E-state index is 9.67. The minimum atomic E-state index is -0.240. The number of hydrogen-bond acceptors (Lipinski definition) is 5. The average Bonchev–Trinajstić information content (AvgIpc) is 3.11. The van der Waals surface area contributed by atoms with Gasteiger partial charge in [0.1, 0.15) is 0 Å². The topological polar surface area (TPSA) is 67.1 Å². The molecule has 1 N–H and O–H groups in total. The molecule has 2 aromatic rings. The Morgan fingerprint density at radius 2 is 2.10 bits per heavy atom. The van der Waals surface area contributed by atoms with Gasteiger partial charge in [-0.1, -0.05) is 30.3 Å². The predicted octanol–water partition coefficient (Wildman–Crippen LogP) is 0.924. The molecule has 1 fully saturated rings. The van der Waals surface area contributed by atoms with Crippen molar-refractivity contribution in [1.82, 2.24) is 25.1 Å². The first-order chi connectivity index (χ1) is 10.2. The lowest BCUT2D eigenvalue weighted by atomic mass is 10.0. The fourth-order valence-corrected chi connectivity index (χ4v) is 2.82. The van der Waals surface area contributed by atoms with Crippen LogP contribution in [0.5, 0.6) is 0 Å². The van der Waals surface area contributed by atoms with Crippen molar-refractivity contribution in [2.24, 2.45) is 5.92 Å². The lowest BCUT2D eigenvalue weighted by Gasteiger charge is -2.16. The van der Waals surface area contributed by atoms with Crippen molar-refractivity contribution in [2.45, 2.75) is 32.5 Å². The first kappa shape index (κ1) is 14.2. The Balaban J connectivity index is 1.64. The summed E-state index contributed by atoms with van der Waals surface area (Å²) in [6.45, 7) is 5.21. The third kappa shape index (κ3) is 3.46. The third-order valence-corrected chi connectivity index (χ3v) is 4.14. The van der Waals surface area contributed by atoms with E-state index in [0.717, 1.165) is 31.9 Å². The first-order valence-electron chi connectivity index (χ1n) is 7.42. The molecule has 2 heterocycles. The molecule has 1 saturated heterocycles. The molecule has 1 aromatic carbocycles. The van der Waals surface area contributed by atoms with Crippen LogP contribution in [0, 0.1) is 5.92 Å².